The zero-order valence-electron chi connectivity index (χ0n) is 18.9. The van der Waals surface area contributed by atoms with E-state index in [1.54, 1.807) is 39.8 Å². The molecule has 2 N–H and O–H groups in total. The van der Waals surface area contributed by atoms with E-state index in [1.807, 2.05) is 0 Å². The van der Waals surface area contributed by atoms with Crippen LogP contribution in [0.25, 0.3) is 0 Å². The Morgan fingerprint density at radius 1 is 0.875 bits per heavy atom. The number of carbonyl (C=O) groups is 2. The van der Waals surface area contributed by atoms with Crippen LogP contribution in [0.15, 0.2) is 42.5 Å². The summed E-state index contributed by atoms with van der Waals surface area (Å²) in [6, 6.07) is 7.98. The van der Waals surface area contributed by atoms with Gasteiger partial charge in [0.15, 0.2) is 0 Å². The van der Waals surface area contributed by atoms with Crippen molar-refractivity contribution in [3.8, 4) is 0 Å². The fourth-order valence-electron chi connectivity index (χ4n) is 3.32. The largest absolute Gasteiger partial charge is 0.444 e. The lowest BCUT2D eigenvalue weighted by Crippen LogP contribution is -2.55. The standard InChI is InChI=1S/C24H29F3N2O3/c1-15(28-22(31)32-23(2,3)4)21(30)29-24(5,13-16-6-8-18(25)9-7-16)14-17-10-19(26)12-20(27)11-17/h6-12,15H,13-14H2,1-5H3,(H,28,31)(H,29,30)/t15-,24?/m1/s1. The lowest BCUT2D eigenvalue weighted by molar-refractivity contribution is -0.124. The molecular formula is C24H29F3N2O3. The van der Waals surface area contributed by atoms with Gasteiger partial charge in [0, 0.05) is 11.6 Å². The number of benzene rings is 2. The Labute approximate surface area is 186 Å². The molecule has 32 heavy (non-hydrogen) atoms. The smallest absolute Gasteiger partial charge is 0.408 e. The normalized spacial score (nSPS) is 14.2. The van der Waals surface area contributed by atoms with E-state index in [0.717, 1.165) is 11.6 Å². The van der Waals surface area contributed by atoms with Gasteiger partial charge in [-0.05, 0) is 82.9 Å². The average molecular weight is 451 g/mol. The number of nitrogens with one attached hydrogen (secondary N) is 2. The van der Waals surface area contributed by atoms with Crippen LogP contribution in [0.1, 0.15) is 45.7 Å². The summed E-state index contributed by atoms with van der Waals surface area (Å²) in [6.07, 6.45) is -0.382. The van der Waals surface area contributed by atoms with Crippen molar-refractivity contribution in [1.82, 2.24) is 10.6 Å². The van der Waals surface area contributed by atoms with Crippen LogP contribution in [0.5, 0.6) is 0 Å². The molecule has 0 saturated heterocycles. The Kier molecular flexibility index (Phi) is 7.93. The summed E-state index contributed by atoms with van der Waals surface area (Å²) in [5.74, 6) is -2.36. The summed E-state index contributed by atoms with van der Waals surface area (Å²) >= 11 is 0. The Morgan fingerprint density at radius 2 is 1.41 bits per heavy atom. The van der Waals surface area contributed by atoms with Crippen molar-refractivity contribution < 1.29 is 27.5 Å². The molecule has 2 aromatic carbocycles. The molecule has 1 unspecified atom stereocenters. The second-order valence-corrected chi connectivity index (χ2v) is 9.18. The highest BCUT2D eigenvalue weighted by molar-refractivity contribution is 5.85. The number of carbonyl (C=O) groups excluding carboxylic acids is 2. The highest BCUT2D eigenvalue weighted by atomic mass is 19.1. The zero-order valence-corrected chi connectivity index (χ0v) is 18.9. The van der Waals surface area contributed by atoms with E-state index in [2.05, 4.69) is 10.6 Å². The molecule has 2 aromatic rings. The van der Waals surface area contributed by atoms with Crippen molar-refractivity contribution >= 4 is 12.0 Å². The van der Waals surface area contributed by atoms with Crippen molar-refractivity contribution in [2.75, 3.05) is 0 Å². The monoisotopic (exact) mass is 450 g/mol. The summed E-state index contributed by atoms with van der Waals surface area (Å²) in [7, 11) is 0. The van der Waals surface area contributed by atoms with Crippen molar-refractivity contribution in [1.29, 1.82) is 0 Å². The molecule has 0 radical (unpaired) electrons. The Morgan fingerprint density at radius 3 is 1.94 bits per heavy atom. The summed E-state index contributed by atoms with van der Waals surface area (Å²) in [4.78, 5) is 24.8. The Bertz CT molecular complexity index is 938. The van der Waals surface area contributed by atoms with E-state index in [0.29, 0.717) is 5.56 Å². The minimum Gasteiger partial charge on any atom is -0.444 e. The van der Waals surface area contributed by atoms with Gasteiger partial charge in [-0.2, -0.15) is 0 Å². The molecule has 2 amide bonds. The number of ether oxygens (including phenoxy) is 1. The van der Waals surface area contributed by atoms with Crippen LogP contribution in [0, 0.1) is 17.5 Å². The van der Waals surface area contributed by atoms with Gasteiger partial charge in [0.1, 0.15) is 29.1 Å². The molecule has 0 aromatic heterocycles. The van der Waals surface area contributed by atoms with Crippen LogP contribution in [0.2, 0.25) is 0 Å². The molecule has 0 heterocycles. The molecule has 5 nitrogen and oxygen atoms in total. The van der Waals surface area contributed by atoms with E-state index in [1.165, 1.54) is 31.2 Å². The number of hydrogen-bond donors (Lipinski definition) is 2. The molecule has 0 saturated carbocycles. The first-order chi connectivity index (χ1) is 14.7. The number of hydrogen-bond acceptors (Lipinski definition) is 3. The Hall–Kier alpha value is -3.03. The van der Waals surface area contributed by atoms with Crippen LogP contribution >= 0.6 is 0 Å². The van der Waals surface area contributed by atoms with E-state index >= 15 is 0 Å². The van der Waals surface area contributed by atoms with Crippen LogP contribution in [0.3, 0.4) is 0 Å². The minimum absolute atomic E-state index is 0.101. The predicted octanol–water partition coefficient (Wildman–Crippen LogP) is 4.68. The number of alkyl carbamates (subject to hydrolysis) is 1. The van der Waals surface area contributed by atoms with E-state index in [4.69, 9.17) is 4.74 Å². The lowest BCUT2D eigenvalue weighted by Gasteiger charge is -2.33. The molecule has 0 aliphatic heterocycles. The van der Waals surface area contributed by atoms with E-state index in [9.17, 15) is 22.8 Å². The van der Waals surface area contributed by atoms with Crippen molar-refractivity contribution in [3.63, 3.8) is 0 Å². The third kappa shape index (κ3) is 8.24. The zero-order chi connectivity index (χ0) is 24.1. The van der Waals surface area contributed by atoms with E-state index in [-0.39, 0.29) is 12.8 Å². The van der Waals surface area contributed by atoms with E-state index < -0.39 is 46.6 Å². The Balaban J connectivity index is 2.21. The summed E-state index contributed by atoms with van der Waals surface area (Å²) in [5.41, 5.74) is -0.642. The maximum atomic E-state index is 13.7. The molecule has 0 aliphatic rings. The first kappa shape index (κ1) is 25.2. The molecule has 0 bridgehead atoms. The van der Waals surface area contributed by atoms with Gasteiger partial charge in [-0.1, -0.05) is 12.1 Å². The molecule has 2 atom stereocenters. The van der Waals surface area contributed by atoms with Gasteiger partial charge in [0.05, 0.1) is 0 Å². The third-order valence-electron chi connectivity index (χ3n) is 4.58. The highest BCUT2D eigenvalue weighted by Gasteiger charge is 2.31. The minimum atomic E-state index is -0.987. The quantitative estimate of drug-likeness (QED) is 0.644. The first-order valence-corrected chi connectivity index (χ1v) is 10.3. The SMILES string of the molecule is C[C@@H](NC(=O)OC(C)(C)C)C(=O)NC(C)(Cc1ccc(F)cc1)Cc1cc(F)cc(F)c1. The summed E-state index contributed by atoms with van der Waals surface area (Å²) in [5, 5.41) is 5.33. The fraction of sp³-hybridized carbons (Fsp3) is 0.417. The van der Waals surface area contributed by atoms with Gasteiger partial charge in [-0.3, -0.25) is 4.79 Å². The summed E-state index contributed by atoms with van der Waals surface area (Å²) in [6.45, 7) is 8.33. The van der Waals surface area contributed by atoms with Gasteiger partial charge in [0.25, 0.3) is 0 Å². The van der Waals surface area contributed by atoms with Crippen LogP contribution in [-0.2, 0) is 22.4 Å². The van der Waals surface area contributed by atoms with Crippen molar-refractivity contribution in [2.45, 2.75) is 64.6 Å². The van der Waals surface area contributed by atoms with Crippen molar-refractivity contribution in [3.05, 3.63) is 71.0 Å². The topological polar surface area (TPSA) is 67.4 Å². The van der Waals surface area contributed by atoms with Gasteiger partial charge < -0.3 is 15.4 Å². The molecule has 2 rings (SSSR count). The first-order valence-electron chi connectivity index (χ1n) is 10.3. The molecular weight excluding hydrogens is 421 g/mol. The molecule has 8 heteroatoms. The fourth-order valence-corrected chi connectivity index (χ4v) is 3.32. The predicted molar refractivity (Wildman–Crippen MR) is 116 cm³/mol. The molecule has 0 fully saturated rings. The molecule has 0 spiro atoms. The second-order valence-electron chi connectivity index (χ2n) is 9.18. The summed E-state index contributed by atoms with van der Waals surface area (Å²) < 4.78 is 45.9. The molecule has 174 valence electrons. The van der Waals surface area contributed by atoms with Gasteiger partial charge in [-0.15, -0.1) is 0 Å². The van der Waals surface area contributed by atoms with Crippen molar-refractivity contribution in [2.24, 2.45) is 0 Å². The highest BCUT2D eigenvalue weighted by Crippen LogP contribution is 2.21. The van der Waals surface area contributed by atoms with Crippen LogP contribution < -0.4 is 10.6 Å². The lowest BCUT2D eigenvalue weighted by atomic mass is 9.86. The van der Waals surface area contributed by atoms with Crippen LogP contribution in [0.4, 0.5) is 18.0 Å². The number of halogens is 3. The third-order valence-corrected chi connectivity index (χ3v) is 4.58. The average Bonchev–Trinajstić information content (AvgIpc) is 2.60. The molecule has 0 aliphatic carbocycles. The number of amides is 2. The van der Waals surface area contributed by atoms with Gasteiger partial charge in [-0.25, -0.2) is 18.0 Å². The van der Waals surface area contributed by atoms with Gasteiger partial charge >= 0.3 is 6.09 Å². The second kappa shape index (κ2) is 10.1. The maximum Gasteiger partial charge on any atom is 0.408 e. The van der Waals surface area contributed by atoms with Gasteiger partial charge in [0.2, 0.25) is 5.91 Å². The number of rotatable bonds is 7. The van der Waals surface area contributed by atoms with Crippen LogP contribution in [-0.4, -0.2) is 29.2 Å². The maximum absolute atomic E-state index is 13.7.